The maximum absolute atomic E-state index is 14.5. The van der Waals surface area contributed by atoms with Gasteiger partial charge in [0, 0.05) is 46.4 Å². The van der Waals surface area contributed by atoms with E-state index >= 15 is 0 Å². The number of hydrogen-bond donors (Lipinski definition) is 0. The molecule has 13 heteroatoms. The lowest BCUT2D eigenvalue weighted by molar-refractivity contribution is -0.235. The van der Waals surface area contributed by atoms with E-state index in [0.29, 0.717) is 41.2 Å². The Balaban J connectivity index is 1.40. The highest BCUT2D eigenvalue weighted by atomic mass is 35.5. The molecular formula is C37H37ClF3N4O5+. The van der Waals surface area contributed by atoms with Gasteiger partial charge in [-0.05, 0) is 91.9 Å². The van der Waals surface area contributed by atoms with Crippen molar-refractivity contribution in [1.29, 1.82) is 0 Å². The van der Waals surface area contributed by atoms with Gasteiger partial charge in [-0.1, -0.05) is 48.0 Å². The van der Waals surface area contributed by atoms with E-state index < -0.39 is 41.7 Å². The van der Waals surface area contributed by atoms with Crippen LogP contribution in [0.5, 0.6) is 0 Å². The van der Waals surface area contributed by atoms with Crippen molar-refractivity contribution in [3.05, 3.63) is 112 Å². The maximum Gasteiger partial charge on any atom is 0.497 e. The summed E-state index contributed by atoms with van der Waals surface area (Å²) in [6.45, 7) is 2.53. The minimum absolute atomic E-state index is 0.0426. The third-order valence-electron chi connectivity index (χ3n) is 9.33. The van der Waals surface area contributed by atoms with E-state index in [1.807, 2.05) is 18.2 Å². The molecule has 1 fully saturated rings. The Bertz CT molecular complexity index is 1780. The molecule has 6 rings (SSSR count). The fourth-order valence-electron chi connectivity index (χ4n) is 6.68. The lowest BCUT2D eigenvalue weighted by atomic mass is 10.0. The highest BCUT2D eigenvalue weighted by Gasteiger charge is 2.55. The normalized spacial score (nSPS) is 19.4. The number of amides is 3. The van der Waals surface area contributed by atoms with Crippen LogP contribution >= 0.6 is 11.6 Å². The largest absolute Gasteiger partial charge is 0.497 e. The van der Waals surface area contributed by atoms with Crippen LogP contribution in [0.1, 0.15) is 56.7 Å². The van der Waals surface area contributed by atoms with Gasteiger partial charge in [-0.2, -0.15) is 13.2 Å². The minimum atomic E-state index is -5.41. The van der Waals surface area contributed by atoms with Crippen molar-refractivity contribution in [3.63, 3.8) is 0 Å². The fraction of sp³-hybridized carbons (Fsp3) is 0.351. The second kappa shape index (κ2) is 14.8. The van der Waals surface area contributed by atoms with Crippen LogP contribution in [-0.4, -0.2) is 83.8 Å². The van der Waals surface area contributed by atoms with Crippen LogP contribution in [0.25, 0.3) is 0 Å². The first-order valence-electron chi connectivity index (χ1n) is 16.6. The molecule has 1 saturated heterocycles. The molecule has 1 unspecified atom stereocenters. The molecular weight excluding hydrogens is 673 g/mol. The van der Waals surface area contributed by atoms with Crippen LogP contribution in [0.3, 0.4) is 0 Å². The Morgan fingerprint density at radius 1 is 0.800 bits per heavy atom. The van der Waals surface area contributed by atoms with Crippen molar-refractivity contribution in [2.45, 2.75) is 44.9 Å². The van der Waals surface area contributed by atoms with Crippen molar-refractivity contribution < 1.29 is 37.2 Å². The number of hydrogen-bond acceptors (Lipinski definition) is 6. The van der Waals surface area contributed by atoms with E-state index in [-0.39, 0.29) is 23.7 Å². The number of quaternary nitrogens is 1. The Kier molecular flexibility index (Phi) is 10.4. The number of fused-ring (bicyclic) bond motifs is 1. The molecule has 3 heterocycles. The third-order valence-corrected chi connectivity index (χ3v) is 9.58. The Hall–Kier alpha value is -4.52. The molecule has 3 aliphatic heterocycles. The smallest absolute Gasteiger partial charge is 0.331 e. The van der Waals surface area contributed by atoms with Gasteiger partial charge in [-0.25, -0.2) is 9.59 Å². The Labute approximate surface area is 293 Å². The summed E-state index contributed by atoms with van der Waals surface area (Å²) in [5.41, 5.74) is 2.07. The van der Waals surface area contributed by atoms with Gasteiger partial charge in [-0.15, -0.1) is 0 Å². The zero-order valence-electron chi connectivity index (χ0n) is 27.3. The SMILES string of the molecule is O=C(c1ccc(C[N+]2(OC(=O)C(F)(F)F)C(=O)CN(C(=O)c3ccc(Cl)cc3)Cc3ccc(CCCN4CCCC4)cc32)cc1)N1CC=CC1. The summed E-state index contributed by atoms with van der Waals surface area (Å²) in [7, 11) is 0. The molecule has 0 saturated carbocycles. The van der Waals surface area contributed by atoms with Crippen LogP contribution in [0, 0.1) is 0 Å². The molecule has 1 atom stereocenters. The van der Waals surface area contributed by atoms with Crippen molar-refractivity contribution in [1.82, 2.24) is 19.3 Å². The standard InChI is InChI=1S/C37H37ClF3N4O5/c38-31-15-13-29(14-16-31)35(48)44-23-30-12-7-26(6-5-19-42-17-1-2-18-42)22-32(30)45(33(46)24-44,50-36(49)37(39,40)41)25-27-8-10-28(11-9-27)34(47)43-20-3-4-21-43/h3-4,7-16,22H,1-2,5-6,17-21,23-25H2/q+1. The van der Waals surface area contributed by atoms with Gasteiger partial charge in [-0.3, -0.25) is 14.4 Å². The number of benzene rings is 3. The number of alkyl halides is 3. The molecule has 3 aliphatic rings. The summed E-state index contributed by atoms with van der Waals surface area (Å²) in [5.74, 6) is -4.25. The highest BCUT2D eigenvalue weighted by molar-refractivity contribution is 6.30. The summed E-state index contributed by atoms with van der Waals surface area (Å²) >= 11 is 6.02. The van der Waals surface area contributed by atoms with Crippen molar-refractivity contribution >= 4 is 41.0 Å². The number of rotatable bonds is 9. The molecule has 9 nitrogen and oxygen atoms in total. The Morgan fingerprint density at radius 2 is 1.40 bits per heavy atom. The maximum atomic E-state index is 14.5. The second-order valence-corrected chi connectivity index (χ2v) is 13.3. The average molecular weight is 710 g/mol. The monoisotopic (exact) mass is 709 g/mol. The minimum Gasteiger partial charge on any atom is -0.331 e. The molecule has 0 spiro atoms. The molecule has 50 heavy (non-hydrogen) atoms. The molecule has 0 bridgehead atoms. The van der Waals surface area contributed by atoms with Crippen LogP contribution in [0.15, 0.2) is 78.9 Å². The van der Waals surface area contributed by atoms with Crippen molar-refractivity contribution in [2.24, 2.45) is 0 Å². The molecule has 0 aliphatic carbocycles. The van der Waals surface area contributed by atoms with E-state index in [1.54, 1.807) is 17.0 Å². The summed E-state index contributed by atoms with van der Waals surface area (Å²) in [5, 5.41) is 0.399. The first-order valence-corrected chi connectivity index (χ1v) is 17.0. The van der Waals surface area contributed by atoms with Gasteiger partial charge in [0.1, 0.15) is 6.54 Å². The van der Waals surface area contributed by atoms with E-state index in [4.69, 9.17) is 16.4 Å². The van der Waals surface area contributed by atoms with Crippen LogP contribution in [0.2, 0.25) is 5.02 Å². The van der Waals surface area contributed by atoms with E-state index in [2.05, 4.69) is 4.90 Å². The topological polar surface area (TPSA) is 87.2 Å². The average Bonchev–Trinajstić information content (AvgIpc) is 3.81. The highest BCUT2D eigenvalue weighted by Crippen LogP contribution is 2.38. The molecule has 3 aromatic rings. The fourth-order valence-corrected chi connectivity index (χ4v) is 6.80. The molecule has 3 aromatic carbocycles. The summed E-state index contributed by atoms with van der Waals surface area (Å²) in [4.78, 5) is 64.3. The molecule has 3 amide bonds. The summed E-state index contributed by atoms with van der Waals surface area (Å²) in [6.07, 6.45) is 1.96. The van der Waals surface area contributed by atoms with Gasteiger partial charge in [0.25, 0.3) is 11.8 Å². The molecule has 0 radical (unpaired) electrons. The zero-order chi connectivity index (χ0) is 35.5. The number of nitrogens with zero attached hydrogens (tertiary/aromatic N) is 4. The number of halogens is 4. The molecule has 0 N–H and O–H groups in total. The van der Waals surface area contributed by atoms with Crippen molar-refractivity contribution in [3.8, 4) is 0 Å². The number of aryl methyl sites for hydroxylation is 1. The predicted molar refractivity (Wildman–Crippen MR) is 181 cm³/mol. The summed E-state index contributed by atoms with van der Waals surface area (Å²) in [6, 6.07) is 17.3. The molecule has 262 valence electrons. The lowest BCUT2D eigenvalue weighted by Gasteiger charge is -2.32. The van der Waals surface area contributed by atoms with E-state index in [0.717, 1.165) is 44.5 Å². The number of carbonyl (C=O) groups excluding carboxylic acids is 4. The first-order chi connectivity index (χ1) is 23.9. The quantitative estimate of drug-likeness (QED) is 0.198. The number of hydroxylamine groups is 2. The second-order valence-electron chi connectivity index (χ2n) is 12.8. The van der Waals surface area contributed by atoms with Gasteiger partial charge in [0.05, 0.1) is 6.54 Å². The predicted octanol–water partition coefficient (Wildman–Crippen LogP) is 6.09. The third kappa shape index (κ3) is 7.77. The van der Waals surface area contributed by atoms with Gasteiger partial charge in [0.15, 0.2) is 12.2 Å². The zero-order valence-corrected chi connectivity index (χ0v) is 28.1. The van der Waals surface area contributed by atoms with Crippen LogP contribution < -0.4 is 4.65 Å². The van der Waals surface area contributed by atoms with Gasteiger partial charge >= 0.3 is 18.1 Å². The number of likely N-dealkylation sites (tertiary alicyclic amines) is 1. The number of carbonyl (C=O) groups is 4. The van der Waals surface area contributed by atoms with Crippen LogP contribution in [-0.2, 0) is 33.9 Å². The van der Waals surface area contributed by atoms with E-state index in [9.17, 15) is 32.3 Å². The van der Waals surface area contributed by atoms with Gasteiger partial charge in [0.2, 0.25) is 0 Å². The first kappa shape index (κ1) is 35.3. The molecule has 0 aromatic heterocycles. The van der Waals surface area contributed by atoms with Crippen LogP contribution in [0.4, 0.5) is 18.9 Å². The summed E-state index contributed by atoms with van der Waals surface area (Å²) < 4.78 is 40.4. The van der Waals surface area contributed by atoms with Gasteiger partial charge < -0.3 is 14.7 Å². The lowest BCUT2D eigenvalue weighted by Crippen LogP contribution is -2.58. The van der Waals surface area contributed by atoms with E-state index in [1.165, 1.54) is 53.4 Å². The Morgan fingerprint density at radius 3 is 2.04 bits per heavy atom. The van der Waals surface area contributed by atoms with Crippen molar-refractivity contribution in [2.75, 3.05) is 39.3 Å².